The number of methoxy groups -OCH3 is 2. The smallest absolute Gasteiger partial charge is 0.246 e. The molecule has 0 aliphatic rings. The molecule has 2 N–H and O–H groups in total. The van der Waals surface area contributed by atoms with Gasteiger partial charge in [0, 0.05) is 19.7 Å². The van der Waals surface area contributed by atoms with Gasteiger partial charge in [-0.05, 0) is 11.5 Å². The lowest BCUT2D eigenvalue weighted by Gasteiger charge is -2.26. The number of ether oxygens (including phenoxy) is 2. The van der Waals surface area contributed by atoms with Crippen molar-refractivity contribution in [3.05, 3.63) is 12.1 Å². The molecule has 6 nitrogen and oxygen atoms in total. The number of nitrogens with zero attached hydrogens (tertiary/aromatic N) is 1. The van der Waals surface area contributed by atoms with E-state index in [0.717, 1.165) is 0 Å². The van der Waals surface area contributed by atoms with Crippen LogP contribution < -0.4 is 15.2 Å². The highest BCUT2D eigenvalue weighted by Gasteiger charge is 2.29. The molecule has 0 aliphatic carbocycles. The molecular formula is C14H24N2O4S. The number of anilines is 1. The van der Waals surface area contributed by atoms with Crippen LogP contribution in [0.25, 0.3) is 0 Å². The van der Waals surface area contributed by atoms with Gasteiger partial charge in [0.05, 0.1) is 19.9 Å². The fourth-order valence-corrected chi connectivity index (χ4v) is 3.58. The predicted octanol–water partition coefficient (Wildman–Crippen LogP) is 1.95. The minimum absolute atomic E-state index is 0.0371. The first-order valence-electron chi connectivity index (χ1n) is 6.51. The van der Waals surface area contributed by atoms with E-state index in [1.54, 1.807) is 7.05 Å². The Labute approximate surface area is 126 Å². The zero-order valence-corrected chi connectivity index (χ0v) is 14.2. The maximum absolute atomic E-state index is 12.7. The summed E-state index contributed by atoms with van der Waals surface area (Å²) in [5.74, 6) is 0.589. The number of hydrogen-bond donors (Lipinski definition) is 1. The summed E-state index contributed by atoms with van der Waals surface area (Å²) in [6.07, 6.45) is 0. The standard InChI is InChI=1S/C14H24N2O4S/c1-14(2,3)9-16(4)21(17,18)13-7-10(15)11(19-5)8-12(13)20-6/h7-8H,9,15H2,1-6H3. The zero-order chi connectivity index (χ0) is 16.4. The van der Waals surface area contributed by atoms with Crippen LogP contribution in [-0.2, 0) is 10.0 Å². The first-order chi connectivity index (χ1) is 9.52. The first-order valence-corrected chi connectivity index (χ1v) is 7.95. The monoisotopic (exact) mass is 316 g/mol. The molecule has 0 amide bonds. The molecule has 0 radical (unpaired) electrons. The summed E-state index contributed by atoms with van der Waals surface area (Å²) in [7, 11) is 0.726. The van der Waals surface area contributed by atoms with Crippen molar-refractivity contribution in [3.8, 4) is 11.5 Å². The fourth-order valence-electron chi connectivity index (χ4n) is 2.02. The van der Waals surface area contributed by atoms with Crippen molar-refractivity contribution in [3.63, 3.8) is 0 Å². The maximum atomic E-state index is 12.7. The van der Waals surface area contributed by atoms with Gasteiger partial charge in [-0.3, -0.25) is 0 Å². The Morgan fingerprint density at radius 1 is 1.14 bits per heavy atom. The van der Waals surface area contributed by atoms with E-state index in [1.807, 2.05) is 20.8 Å². The summed E-state index contributed by atoms with van der Waals surface area (Å²) in [6, 6.07) is 2.85. The lowest BCUT2D eigenvalue weighted by molar-refractivity contribution is 0.309. The van der Waals surface area contributed by atoms with Gasteiger partial charge in [-0.2, -0.15) is 0 Å². The van der Waals surface area contributed by atoms with Gasteiger partial charge in [0.2, 0.25) is 10.0 Å². The highest BCUT2D eigenvalue weighted by molar-refractivity contribution is 7.89. The summed E-state index contributed by atoms with van der Waals surface area (Å²) in [5, 5.41) is 0. The van der Waals surface area contributed by atoms with Crippen LogP contribution in [-0.4, -0.2) is 40.5 Å². The van der Waals surface area contributed by atoms with Crippen molar-refractivity contribution in [2.75, 3.05) is 33.5 Å². The van der Waals surface area contributed by atoms with Crippen LogP contribution in [0.2, 0.25) is 0 Å². The van der Waals surface area contributed by atoms with Crippen molar-refractivity contribution in [1.29, 1.82) is 0 Å². The van der Waals surface area contributed by atoms with Crippen molar-refractivity contribution in [1.82, 2.24) is 4.31 Å². The number of rotatable bonds is 5. The lowest BCUT2D eigenvalue weighted by Crippen LogP contribution is -2.34. The summed E-state index contributed by atoms with van der Waals surface area (Å²) >= 11 is 0. The molecule has 0 heterocycles. The van der Waals surface area contributed by atoms with E-state index in [2.05, 4.69) is 0 Å². The molecular weight excluding hydrogens is 292 g/mol. The lowest BCUT2D eigenvalue weighted by atomic mass is 9.97. The molecule has 1 aromatic carbocycles. The molecule has 1 rings (SSSR count). The fraction of sp³-hybridized carbons (Fsp3) is 0.571. The van der Waals surface area contributed by atoms with E-state index in [0.29, 0.717) is 12.3 Å². The number of benzene rings is 1. The largest absolute Gasteiger partial charge is 0.495 e. The minimum atomic E-state index is -3.69. The predicted molar refractivity (Wildman–Crippen MR) is 83.2 cm³/mol. The molecule has 7 heteroatoms. The van der Waals surface area contributed by atoms with E-state index >= 15 is 0 Å². The Hall–Kier alpha value is -1.47. The maximum Gasteiger partial charge on any atom is 0.246 e. The molecule has 0 bridgehead atoms. The molecule has 0 aromatic heterocycles. The highest BCUT2D eigenvalue weighted by Crippen LogP contribution is 2.35. The molecule has 120 valence electrons. The van der Waals surface area contributed by atoms with Crippen LogP contribution >= 0.6 is 0 Å². The van der Waals surface area contributed by atoms with Crippen LogP contribution in [0.5, 0.6) is 11.5 Å². The number of nitrogen functional groups attached to an aromatic ring is 1. The van der Waals surface area contributed by atoms with Gasteiger partial charge in [-0.25, -0.2) is 12.7 Å². The molecule has 0 spiro atoms. The Bertz CT molecular complexity index is 606. The van der Waals surface area contributed by atoms with Crippen molar-refractivity contribution in [2.45, 2.75) is 25.7 Å². The van der Waals surface area contributed by atoms with E-state index < -0.39 is 10.0 Å². The van der Waals surface area contributed by atoms with Gasteiger partial charge in [0.1, 0.15) is 16.4 Å². The molecule has 0 saturated heterocycles. The van der Waals surface area contributed by atoms with Gasteiger partial charge in [-0.1, -0.05) is 20.8 Å². The molecule has 0 atom stereocenters. The molecule has 1 aromatic rings. The number of sulfonamides is 1. The summed E-state index contributed by atoms with van der Waals surface area (Å²) in [6.45, 7) is 6.29. The third-order valence-electron chi connectivity index (χ3n) is 2.90. The van der Waals surface area contributed by atoms with Crippen LogP contribution in [0.3, 0.4) is 0 Å². The van der Waals surface area contributed by atoms with Crippen LogP contribution in [0.1, 0.15) is 20.8 Å². The Morgan fingerprint density at radius 3 is 2.10 bits per heavy atom. The normalized spacial score (nSPS) is 12.5. The summed E-state index contributed by atoms with van der Waals surface area (Å²) < 4.78 is 36.9. The molecule has 0 aliphatic heterocycles. The molecule has 0 fully saturated rings. The Morgan fingerprint density at radius 2 is 1.67 bits per heavy atom. The zero-order valence-electron chi connectivity index (χ0n) is 13.4. The third kappa shape index (κ3) is 4.01. The van der Waals surface area contributed by atoms with Crippen LogP contribution in [0, 0.1) is 5.41 Å². The van der Waals surface area contributed by atoms with Crippen molar-refractivity contribution in [2.24, 2.45) is 5.41 Å². The average molecular weight is 316 g/mol. The summed E-state index contributed by atoms with van der Waals surface area (Å²) in [4.78, 5) is 0.0371. The Kier molecular flexibility index (Phi) is 5.11. The van der Waals surface area contributed by atoms with Gasteiger partial charge in [0.15, 0.2) is 0 Å². The molecule has 0 unspecified atom stereocenters. The topological polar surface area (TPSA) is 81.9 Å². The van der Waals surface area contributed by atoms with Crippen LogP contribution in [0.4, 0.5) is 5.69 Å². The SMILES string of the molecule is COc1cc(OC)c(S(=O)(=O)N(C)CC(C)(C)C)cc1N. The second-order valence-corrected chi connectivity index (χ2v) is 8.08. The second-order valence-electron chi connectivity index (χ2n) is 6.07. The number of hydrogen-bond acceptors (Lipinski definition) is 5. The second kappa shape index (κ2) is 6.11. The van der Waals surface area contributed by atoms with Crippen molar-refractivity contribution >= 4 is 15.7 Å². The van der Waals surface area contributed by atoms with E-state index in [4.69, 9.17) is 15.2 Å². The van der Waals surface area contributed by atoms with Gasteiger partial charge >= 0.3 is 0 Å². The average Bonchev–Trinajstić information content (AvgIpc) is 2.36. The summed E-state index contributed by atoms with van der Waals surface area (Å²) in [5.41, 5.74) is 5.91. The van der Waals surface area contributed by atoms with Gasteiger partial charge in [0.25, 0.3) is 0 Å². The van der Waals surface area contributed by atoms with E-state index in [1.165, 1.54) is 30.7 Å². The molecule has 21 heavy (non-hydrogen) atoms. The quantitative estimate of drug-likeness (QED) is 0.840. The van der Waals surface area contributed by atoms with E-state index in [-0.39, 0.29) is 21.7 Å². The van der Waals surface area contributed by atoms with Gasteiger partial charge in [-0.15, -0.1) is 0 Å². The molecule has 0 saturated carbocycles. The van der Waals surface area contributed by atoms with E-state index in [9.17, 15) is 8.42 Å². The highest BCUT2D eigenvalue weighted by atomic mass is 32.2. The van der Waals surface area contributed by atoms with Crippen molar-refractivity contribution < 1.29 is 17.9 Å². The van der Waals surface area contributed by atoms with Gasteiger partial charge < -0.3 is 15.2 Å². The third-order valence-corrected chi connectivity index (χ3v) is 4.73. The Balaban J connectivity index is 3.34. The van der Waals surface area contributed by atoms with Crippen LogP contribution in [0.15, 0.2) is 17.0 Å². The minimum Gasteiger partial charge on any atom is -0.495 e. The first kappa shape index (κ1) is 17.6. The number of nitrogens with two attached hydrogens (primary N) is 1.